The molecule has 0 atom stereocenters. The van der Waals surface area contributed by atoms with E-state index in [1.165, 1.54) is 37.6 Å². The number of hydrogen-bond acceptors (Lipinski definition) is 6. The molecule has 35 heavy (non-hydrogen) atoms. The van der Waals surface area contributed by atoms with Crippen molar-refractivity contribution in [2.24, 2.45) is 5.10 Å². The highest BCUT2D eigenvalue weighted by atomic mass is 35.5. The summed E-state index contributed by atoms with van der Waals surface area (Å²) in [6, 6.07) is 16.2. The predicted octanol–water partition coefficient (Wildman–Crippen LogP) is 4.41. The summed E-state index contributed by atoms with van der Waals surface area (Å²) in [7, 11) is 1.42. The number of hydrogen-bond donors (Lipinski definition) is 2. The molecule has 0 aliphatic rings. The van der Waals surface area contributed by atoms with E-state index in [1.807, 2.05) is 13.0 Å². The maximum atomic E-state index is 12.5. The summed E-state index contributed by atoms with van der Waals surface area (Å²) in [6.45, 7) is 1.63. The molecular weight excluding hydrogens is 493 g/mol. The third-order valence-electron chi connectivity index (χ3n) is 4.63. The molecule has 0 spiro atoms. The van der Waals surface area contributed by atoms with Crippen molar-refractivity contribution >= 4 is 47.2 Å². The van der Waals surface area contributed by atoms with E-state index in [0.29, 0.717) is 16.1 Å². The van der Waals surface area contributed by atoms with Crippen molar-refractivity contribution in [1.82, 2.24) is 10.7 Å². The van der Waals surface area contributed by atoms with Gasteiger partial charge in [-0.05, 0) is 61.0 Å². The van der Waals surface area contributed by atoms with Crippen molar-refractivity contribution in [2.45, 2.75) is 6.92 Å². The number of carbonyl (C=O) groups is 3. The average molecular weight is 514 g/mol. The Hall–Kier alpha value is -3.88. The maximum absolute atomic E-state index is 12.5. The van der Waals surface area contributed by atoms with Gasteiger partial charge in [0.15, 0.2) is 11.5 Å². The minimum atomic E-state index is -0.675. The SMILES string of the molecule is COc1cc(C=NNC(=O)CNC(=O)c2cccc(C)c2)ccc1OC(=O)c1ccc(Cl)cc1Cl. The van der Waals surface area contributed by atoms with Gasteiger partial charge in [0.25, 0.3) is 11.8 Å². The lowest BCUT2D eigenvalue weighted by Crippen LogP contribution is -2.34. The van der Waals surface area contributed by atoms with E-state index in [4.69, 9.17) is 32.7 Å². The van der Waals surface area contributed by atoms with Crippen molar-refractivity contribution in [3.8, 4) is 11.5 Å². The molecule has 180 valence electrons. The molecule has 0 aliphatic carbocycles. The number of rotatable bonds is 8. The van der Waals surface area contributed by atoms with Crippen molar-refractivity contribution in [2.75, 3.05) is 13.7 Å². The molecule has 8 nitrogen and oxygen atoms in total. The molecule has 3 rings (SSSR count). The zero-order valence-electron chi connectivity index (χ0n) is 18.8. The van der Waals surface area contributed by atoms with Gasteiger partial charge in [-0.15, -0.1) is 0 Å². The first kappa shape index (κ1) is 25.7. The van der Waals surface area contributed by atoms with Crippen LogP contribution in [0, 0.1) is 6.92 Å². The van der Waals surface area contributed by atoms with E-state index in [-0.39, 0.29) is 34.5 Å². The molecule has 0 aromatic heterocycles. The molecule has 3 aromatic carbocycles. The molecule has 0 radical (unpaired) electrons. The van der Waals surface area contributed by atoms with Gasteiger partial charge in [0.05, 0.1) is 30.5 Å². The number of nitrogens with one attached hydrogen (secondary N) is 2. The van der Waals surface area contributed by atoms with Crippen LogP contribution in [0.25, 0.3) is 0 Å². The third kappa shape index (κ3) is 7.30. The van der Waals surface area contributed by atoms with Crippen LogP contribution < -0.4 is 20.2 Å². The van der Waals surface area contributed by atoms with Crippen LogP contribution in [-0.4, -0.2) is 37.7 Å². The Kier molecular flexibility index (Phi) is 8.83. The van der Waals surface area contributed by atoms with Gasteiger partial charge in [0.2, 0.25) is 0 Å². The molecule has 0 heterocycles. The normalized spacial score (nSPS) is 10.6. The summed E-state index contributed by atoms with van der Waals surface area (Å²) < 4.78 is 10.7. The molecule has 2 N–H and O–H groups in total. The van der Waals surface area contributed by atoms with Gasteiger partial charge in [-0.25, -0.2) is 10.2 Å². The van der Waals surface area contributed by atoms with E-state index < -0.39 is 11.9 Å². The third-order valence-corrected chi connectivity index (χ3v) is 5.18. The second-order valence-corrected chi connectivity index (χ2v) is 8.11. The molecule has 0 bridgehead atoms. The van der Waals surface area contributed by atoms with Gasteiger partial charge < -0.3 is 14.8 Å². The van der Waals surface area contributed by atoms with Crippen molar-refractivity contribution in [3.05, 3.63) is 93.0 Å². The highest BCUT2D eigenvalue weighted by Crippen LogP contribution is 2.29. The highest BCUT2D eigenvalue weighted by Gasteiger charge is 2.16. The van der Waals surface area contributed by atoms with E-state index in [1.54, 1.807) is 30.3 Å². The number of hydrazone groups is 1. The second kappa shape index (κ2) is 12.0. The fourth-order valence-electron chi connectivity index (χ4n) is 2.93. The number of benzene rings is 3. The van der Waals surface area contributed by atoms with Gasteiger partial charge in [-0.2, -0.15) is 5.10 Å². The standard InChI is InChI=1S/C25H21Cl2N3O5/c1-15-4-3-5-17(10-15)24(32)28-14-23(31)30-29-13-16-6-9-21(22(11-16)34-2)35-25(33)19-8-7-18(26)12-20(19)27/h3-13H,14H2,1-2H3,(H,28,32)(H,30,31). The quantitative estimate of drug-likeness (QED) is 0.201. The Morgan fingerprint density at radius 3 is 2.51 bits per heavy atom. The number of aryl methyl sites for hydroxylation is 1. The van der Waals surface area contributed by atoms with Crippen LogP contribution in [0.3, 0.4) is 0 Å². The number of amides is 2. The average Bonchev–Trinajstić information content (AvgIpc) is 2.83. The predicted molar refractivity (Wildman–Crippen MR) is 134 cm³/mol. The highest BCUT2D eigenvalue weighted by molar-refractivity contribution is 6.36. The van der Waals surface area contributed by atoms with E-state index >= 15 is 0 Å². The smallest absolute Gasteiger partial charge is 0.345 e. The van der Waals surface area contributed by atoms with Crippen LogP contribution in [0.1, 0.15) is 31.8 Å². The lowest BCUT2D eigenvalue weighted by atomic mass is 10.1. The van der Waals surface area contributed by atoms with Gasteiger partial charge in [-0.1, -0.05) is 40.9 Å². The van der Waals surface area contributed by atoms with Crippen LogP contribution in [-0.2, 0) is 4.79 Å². The minimum absolute atomic E-state index is 0.154. The number of carbonyl (C=O) groups excluding carboxylic acids is 3. The Bertz CT molecular complexity index is 1290. The van der Waals surface area contributed by atoms with Gasteiger partial charge >= 0.3 is 5.97 Å². The zero-order valence-corrected chi connectivity index (χ0v) is 20.3. The summed E-state index contributed by atoms with van der Waals surface area (Å²) in [4.78, 5) is 36.5. The molecule has 0 fully saturated rings. The lowest BCUT2D eigenvalue weighted by molar-refractivity contribution is -0.120. The van der Waals surface area contributed by atoms with Gasteiger partial charge in [-0.3, -0.25) is 9.59 Å². The lowest BCUT2D eigenvalue weighted by Gasteiger charge is -2.10. The number of halogens is 2. The maximum Gasteiger partial charge on any atom is 0.345 e. The Morgan fingerprint density at radius 2 is 1.80 bits per heavy atom. The first-order chi connectivity index (χ1) is 16.8. The Morgan fingerprint density at radius 1 is 1.00 bits per heavy atom. The van der Waals surface area contributed by atoms with Crippen molar-refractivity contribution in [3.63, 3.8) is 0 Å². The number of ether oxygens (including phenoxy) is 2. The molecule has 0 saturated carbocycles. The van der Waals surface area contributed by atoms with Crippen LogP contribution in [0.2, 0.25) is 10.0 Å². The van der Waals surface area contributed by atoms with E-state index in [0.717, 1.165) is 5.56 Å². The Labute approximate surface area is 211 Å². The van der Waals surface area contributed by atoms with Crippen LogP contribution in [0.4, 0.5) is 0 Å². The van der Waals surface area contributed by atoms with Crippen molar-refractivity contribution < 1.29 is 23.9 Å². The summed E-state index contributed by atoms with van der Waals surface area (Å²) in [5.41, 5.74) is 4.46. The topological polar surface area (TPSA) is 106 Å². The molecule has 0 saturated heterocycles. The van der Waals surface area contributed by atoms with Gasteiger partial charge in [0.1, 0.15) is 0 Å². The molecule has 3 aromatic rings. The van der Waals surface area contributed by atoms with Crippen LogP contribution in [0.5, 0.6) is 11.5 Å². The minimum Gasteiger partial charge on any atom is -0.493 e. The molecule has 10 heteroatoms. The summed E-state index contributed by atoms with van der Waals surface area (Å²) in [5.74, 6) is -1.10. The fraction of sp³-hybridized carbons (Fsp3) is 0.120. The molecule has 0 aliphatic heterocycles. The fourth-order valence-corrected chi connectivity index (χ4v) is 3.41. The molecular formula is C25H21Cl2N3O5. The monoisotopic (exact) mass is 513 g/mol. The number of methoxy groups -OCH3 is 1. The van der Waals surface area contributed by atoms with Crippen LogP contribution in [0.15, 0.2) is 65.8 Å². The van der Waals surface area contributed by atoms with E-state index in [9.17, 15) is 14.4 Å². The first-order valence-corrected chi connectivity index (χ1v) is 11.0. The van der Waals surface area contributed by atoms with Crippen molar-refractivity contribution in [1.29, 1.82) is 0 Å². The number of esters is 1. The van der Waals surface area contributed by atoms with E-state index in [2.05, 4.69) is 15.8 Å². The summed E-state index contributed by atoms with van der Waals surface area (Å²) in [5, 5.41) is 6.96. The second-order valence-electron chi connectivity index (χ2n) is 7.27. The van der Waals surface area contributed by atoms with Crippen LogP contribution >= 0.6 is 23.2 Å². The summed E-state index contributed by atoms with van der Waals surface area (Å²) in [6.07, 6.45) is 1.38. The number of nitrogens with zero attached hydrogens (tertiary/aromatic N) is 1. The molecule has 0 unspecified atom stereocenters. The largest absolute Gasteiger partial charge is 0.493 e. The summed E-state index contributed by atoms with van der Waals surface area (Å²) >= 11 is 11.9. The zero-order chi connectivity index (χ0) is 25.4. The van der Waals surface area contributed by atoms with Gasteiger partial charge in [0, 0.05) is 10.6 Å². The molecule has 2 amide bonds. The first-order valence-electron chi connectivity index (χ1n) is 10.3. The Balaban J connectivity index is 1.56.